The van der Waals surface area contributed by atoms with Gasteiger partial charge in [0.2, 0.25) is 0 Å². The predicted molar refractivity (Wildman–Crippen MR) is 135 cm³/mol. The zero-order chi connectivity index (χ0) is 23.9. The van der Waals surface area contributed by atoms with E-state index in [0.29, 0.717) is 12.8 Å². The number of aliphatic carboxylic acids is 2. The SMILES string of the molecule is C=CCCCCCCCCC(CCCCC(CCCCCCCCCC)C(=O)O)C(=O)O. The molecule has 0 bridgehead atoms. The van der Waals surface area contributed by atoms with Crippen LogP contribution < -0.4 is 0 Å². The third-order valence-corrected chi connectivity index (χ3v) is 6.67. The second kappa shape index (κ2) is 22.9. The first-order valence-electron chi connectivity index (χ1n) is 13.6. The van der Waals surface area contributed by atoms with Gasteiger partial charge in [0.15, 0.2) is 0 Å². The third-order valence-electron chi connectivity index (χ3n) is 6.67. The molecule has 0 heterocycles. The van der Waals surface area contributed by atoms with E-state index in [1.165, 1.54) is 64.2 Å². The van der Waals surface area contributed by atoms with E-state index in [1.54, 1.807) is 0 Å². The van der Waals surface area contributed by atoms with Crippen LogP contribution in [0.4, 0.5) is 0 Å². The molecule has 0 aromatic rings. The van der Waals surface area contributed by atoms with Gasteiger partial charge in [-0.15, -0.1) is 6.58 Å². The summed E-state index contributed by atoms with van der Waals surface area (Å²) in [6.45, 7) is 5.96. The summed E-state index contributed by atoms with van der Waals surface area (Å²) >= 11 is 0. The second-order valence-corrected chi connectivity index (χ2v) is 9.61. The van der Waals surface area contributed by atoms with Crippen molar-refractivity contribution >= 4 is 11.9 Å². The lowest BCUT2D eigenvalue weighted by molar-refractivity contribution is -0.143. The number of rotatable bonds is 25. The molecule has 0 aromatic carbocycles. The highest BCUT2D eigenvalue weighted by molar-refractivity contribution is 5.70. The molecule has 0 aromatic heterocycles. The normalized spacial score (nSPS) is 13.0. The van der Waals surface area contributed by atoms with Gasteiger partial charge in [-0.2, -0.15) is 0 Å². The summed E-state index contributed by atoms with van der Waals surface area (Å²) in [6, 6.07) is 0. The van der Waals surface area contributed by atoms with E-state index in [1.807, 2.05) is 6.08 Å². The van der Waals surface area contributed by atoms with E-state index >= 15 is 0 Å². The standard InChI is InChI=1S/C28H52O4/c1-3-5-7-9-11-13-15-17-21-25(27(29)30)23-19-20-24-26(28(31)32)22-18-16-14-12-10-8-6-4-2/h3,25-26H,1,4-24H2,2H3,(H,29,30)(H,31,32). The van der Waals surface area contributed by atoms with Gasteiger partial charge in [0, 0.05) is 0 Å². The maximum Gasteiger partial charge on any atom is 0.306 e. The minimum atomic E-state index is -0.690. The summed E-state index contributed by atoms with van der Waals surface area (Å²) in [5.41, 5.74) is 0. The highest BCUT2D eigenvalue weighted by atomic mass is 16.4. The Balaban J connectivity index is 3.88. The molecule has 0 aliphatic carbocycles. The van der Waals surface area contributed by atoms with Crippen molar-refractivity contribution in [1.82, 2.24) is 0 Å². The summed E-state index contributed by atoms with van der Waals surface area (Å²) in [5.74, 6) is -1.91. The van der Waals surface area contributed by atoms with Crippen molar-refractivity contribution in [2.45, 2.75) is 142 Å². The lowest BCUT2D eigenvalue weighted by Gasteiger charge is -2.14. The van der Waals surface area contributed by atoms with Crippen LogP contribution in [-0.4, -0.2) is 22.2 Å². The topological polar surface area (TPSA) is 74.6 Å². The summed E-state index contributed by atoms with van der Waals surface area (Å²) in [5, 5.41) is 19.0. The fourth-order valence-electron chi connectivity index (χ4n) is 4.48. The Hall–Kier alpha value is -1.32. The van der Waals surface area contributed by atoms with Crippen LogP contribution in [0.25, 0.3) is 0 Å². The summed E-state index contributed by atoms with van der Waals surface area (Å²) in [7, 11) is 0. The molecule has 0 saturated carbocycles. The molecule has 0 saturated heterocycles. The molecule has 4 nitrogen and oxygen atoms in total. The highest BCUT2D eigenvalue weighted by Crippen LogP contribution is 2.22. The first-order valence-corrected chi connectivity index (χ1v) is 13.6. The average molecular weight is 453 g/mol. The highest BCUT2D eigenvalue weighted by Gasteiger charge is 2.19. The summed E-state index contributed by atoms with van der Waals surface area (Å²) in [4.78, 5) is 23.1. The van der Waals surface area contributed by atoms with Crippen molar-refractivity contribution in [2.24, 2.45) is 11.8 Å². The Bertz CT molecular complexity index is 460. The van der Waals surface area contributed by atoms with Gasteiger partial charge >= 0.3 is 11.9 Å². The number of hydrogen-bond acceptors (Lipinski definition) is 2. The minimum Gasteiger partial charge on any atom is -0.481 e. The van der Waals surface area contributed by atoms with Gasteiger partial charge in [-0.05, 0) is 38.5 Å². The maximum absolute atomic E-state index is 11.6. The molecule has 0 rings (SSSR count). The second-order valence-electron chi connectivity index (χ2n) is 9.61. The molecule has 4 heteroatoms. The molecule has 32 heavy (non-hydrogen) atoms. The molecule has 0 fully saturated rings. The van der Waals surface area contributed by atoms with E-state index in [-0.39, 0.29) is 11.8 Å². The Kier molecular flexibility index (Phi) is 21.9. The lowest BCUT2D eigenvalue weighted by atomic mass is 9.91. The molecule has 2 unspecified atom stereocenters. The smallest absolute Gasteiger partial charge is 0.306 e. The van der Waals surface area contributed by atoms with Crippen LogP contribution in [0.2, 0.25) is 0 Å². The first-order chi connectivity index (χ1) is 15.5. The predicted octanol–water partition coefficient (Wildman–Crippen LogP) is 8.79. The van der Waals surface area contributed by atoms with Crippen molar-refractivity contribution in [2.75, 3.05) is 0 Å². The monoisotopic (exact) mass is 452 g/mol. The van der Waals surface area contributed by atoms with Crippen LogP contribution in [0.5, 0.6) is 0 Å². The fourth-order valence-corrected chi connectivity index (χ4v) is 4.48. The van der Waals surface area contributed by atoms with Crippen molar-refractivity contribution in [3.8, 4) is 0 Å². The van der Waals surface area contributed by atoms with Gasteiger partial charge in [-0.25, -0.2) is 0 Å². The molecule has 2 N–H and O–H groups in total. The van der Waals surface area contributed by atoms with Crippen LogP contribution in [0.1, 0.15) is 142 Å². The number of allylic oxidation sites excluding steroid dienone is 1. The van der Waals surface area contributed by atoms with E-state index in [9.17, 15) is 19.8 Å². The number of carboxylic acid groups (broad SMARTS) is 2. The molecular formula is C28H52O4. The van der Waals surface area contributed by atoms with Gasteiger partial charge < -0.3 is 10.2 Å². The van der Waals surface area contributed by atoms with E-state index in [0.717, 1.165) is 57.8 Å². The number of unbranched alkanes of at least 4 members (excludes halogenated alkanes) is 14. The molecule has 0 amide bonds. The van der Waals surface area contributed by atoms with Crippen molar-refractivity contribution < 1.29 is 19.8 Å². The van der Waals surface area contributed by atoms with Crippen molar-refractivity contribution in [3.05, 3.63) is 12.7 Å². The van der Waals surface area contributed by atoms with Crippen LogP contribution in [-0.2, 0) is 9.59 Å². The fraction of sp³-hybridized carbons (Fsp3) is 0.857. The number of hydrogen-bond donors (Lipinski definition) is 2. The Morgan fingerprint density at radius 3 is 1.25 bits per heavy atom. The van der Waals surface area contributed by atoms with Crippen LogP contribution in [0.3, 0.4) is 0 Å². The number of carboxylic acids is 2. The van der Waals surface area contributed by atoms with Crippen LogP contribution >= 0.6 is 0 Å². The van der Waals surface area contributed by atoms with Gasteiger partial charge in [-0.3, -0.25) is 9.59 Å². The molecule has 0 spiro atoms. The molecular weight excluding hydrogens is 400 g/mol. The number of carbonyl (C=O) groups is 2. The van der Waals surface area contributed by atoms with Crippen molar-refractivity contribution in [3.63, 3.8) is 0 Å². The van der Waals surface area contributed by atoms with E-state index in [2.05, 4.69) is 13.5 Å². The molecule has 0 aliphatic heterocycles. The molecule has 0 aliphatic rings. The zero-order valence-electron chi connectivity index (χ0n) is 21.0. The molecule has 0 radical (unpaired) electrons. The van der Waals surface area contributed by atoms with Gasteiger partial charge in [0.05, 0.1) is 11.8 Å². The first kappa shape index (κ1) is 30.7. The van der Waals surface area contributed by atoms with Gasteiger partial charge in [-0.1, -0.05) is 109 Å². The molecule has 188 valence electrons. The van der Waals surface area contributed by atoms with Gasteiger partial charge in [0.1, 0.15) is 0 Å². The summed E-state index contributed by atoms with van der Waals surface area (Å²) in [6.07, 6.45) is 24.3. The summed E-state index contributed by atoms with van der Waals surface area (Å²) < 4.78 is 0. The zero-order valence-corrected chi connectivity index (χ0v) is 21.0. The lowest BCUT2D eigenvalue weighted by Crippen LogP contribution is -2.15. The Morgan fingerprint density at radius 2 is 0.906 bits per heavy atom. The average Bonchev–Trinajstić information content (AvgIpc) is 2.76. The van der Waals surface area contributed by atoms with Gasteiger partial charge in [0.25, 0.3) is 0 Å². The van der Waals surface area contributed by atoms with Crippen LogP contribution in [0, 0.1) is 11.8 Å². The minimum absolute atomic E-state index is 0.264. The van der Waals surface area contributed by atoms with Crippen molar-refractivity contribution in [1.29, 1.82) is 0 Å². The van der Waals surface area contributed by atoms with E-state index in [4.69, 9.17) is 0 Å². The van der Waals surface area contributed by atoms with Crippen LogP contribution in [0.15, 0.2) is 12.7 Å². The van der Waals surface area contributed by atoms with E-state index < -0.39 is 11.9 Å². The maximum atomic E-state index is 11.6. The third kappa shape index (κ3) is 19.4. The quantitative estimate of drug-likeness (QED) is 0.107. The largest absolute Gasteiger partial charge is 0.481 e. The molecule has 2 atom stereocenters. The Labute approximate surface area is 198 Å². The Morgan fingerprint density at radius 1 is 0.594 bits per heavy atom.